The highest BCUT2D eigenvalue weighted by Gasteiger charge is 2.34. The largest absolute Gasteiger partial charge is 0.491 e. The summed E-state index contributed by atoms with van der Waals surface area (Å²) in [5.41, 5.74) is 2.85. The number of urea groups is 1. The number of hydrogen-bond donors (Lipinski definition) is 2. The number of rotatable bonds is 2. The second-order valence-electron chi connectivity index (χ2n) is 7.12. The monoisotopic (exact) mass is 415 g/mol. The van der Waals surface area contributed by atoms with E-state index in [1.165, 1.54) is 18.2 Å². The van der Waals surface area contributed by atoms with E-state index in [-0.39, 0.29) is 24.7 Å². The minimum absolute atomic E-state index is 0.0220. The third-order valence-corrected chi connectivity index (χ3v) is 5.34. The van der Waals surface area contributed by atoms with E-state index in [4.69, 9.17) is 14.7 Å². The maximum Gasteiger partial charge on any atom is 0.321 e. The first-order valence-electron chi connectivity index (χ1n) is 9.66. The lowest BCUT2D eigenvalue weighted by molar-refractivity contribution is 0.0359. The molecule has 2 aromatic carbocycles. The van der Waals surface area contributed by atoms with Crippen molar-refractivity contribution in [2.45, 2.75) is 12.6 Å². The molecule has 0 bridgehead atoms. The van der Waals surface area contributed by atoms with Gasteiger partial charge in [-0.15, -0.1) is 0 Å². The minimum Gasteiger partial charge on any atom is -0.491 e. The molecule has 4 rings (SSSR count). The smallest absolute Gasteiger partial charge is 0.321 e. The van der Waals surface area contributed by atoms with Crippen LogP contribution >= 0.6 is 0 Å². The van der Waals surface area contributed by atoms with Gasteiger partial charge in [-0.2, -0.15) is 0 Å². The lowest BCUT2D eigenvalue weighted by Crippen LogP contribution is -2.49. The molecule has 2 N–H and O–H groups in total. The Morgan fingerprint density at radius 1 is 1.13 bits per heavy atom. The van der Waals surface area contributed by atoms with Crippen LogP contribution in [0.3, 0.4) is 0 Å². The zero-order valence-corrected chi connectivity index (χ0v) is 16.2. The number of nitrogens with zero attached hydrogens (tertiary/aromatic N) is 2. The topological polar surface area (TPSA) is 91.3 Å². The molecule has 30 heavy (non-hydrogen) atoms. The number of hydrogen-bond acceptors (Lipinski definition) is 5. The van der Waals surface area contributed by atoms with Crippen molar-refractivity contribution < 1.29 is 28.7 Å². The molecule has 0 spiro atoms. The van der Waals surface area contributed by atoms with Crippen LogP contribution in [-0.2, 0) is 11.3 Å². The molecule has 2 heterocycles. The predicted molar refractivity (Wildman–Crippen MR) is 104 cm³/mol. The lowest BCUT2D eigenvalue weighted by Gasteiger charge is -2.36. The number of fused-ring (bicyclic) bond motifs is 1. The standard InChI is InChI=1S/C21H22FN3O5/c22-17-4-2-1-3-16(17)18-13-30-19-11-14(20(26)23-28)5-6-15(19)12-25(18)21(27)24-7-9-29-10-8-24/h1-6,11,18,28H,7-10,12-13H2,(H,23,26)/t18-/m0/s1. The molecular formula is C21H22FN3O5. The Bertz CT molecular complexity index is 948. The number of hydroxylamine groups is 1. The molecular weight excluding hydrogens is 393 g/mol. The third kappa shape index (κ3) is 3.94. The lowest BCUT2D eigenvalue weighted by atomic mass is 10.0. The van der Waals surface area contributed by atoms with Crippen LogP contribution in [0, 0.1) is 5.82 Å². The summed E-state index contributed by atoms with van der Waals surface area (Å²) in [6.45, 7) is 2.04. The summed E-state index contributed by atoms with van der Waals surface area (Å²) in [5.74, 6) is -0.676. The summed E-state index contributed by atoms with van der Waals surface area (Å²) >= 11 is 0. The first kappa shape index (κ1) is 20.1. The van der Waals surface area contributed by atoms with Gasteiger partial charge in [0, 0.05) is 29.8 Å². The number of amides is 3. The van der Waals surface area contributed by atoms with Gasteiger partial charge >= 0.3 is 6.03 Å². The summed E-state index contributed by atoms with van der Waals surface area (Å²) in [7, 11) is 0. The normalized spacial score (nSPS) is 18.8. The molecule has 2 aliphatic rings. The van der Waals surface area contributed by atoms with Gasteiger partial charge in [0.25, 0.3) is 5.91 Å². The van der Waals surface area contributed by atoms with Crippen molar-refractivity contribution >= 4 is 11.9 Å². The molecule has 3 amide bonds. The van der Waals surface area contributed by atoms with E-state index in [2.05, 4.69) is 0 Å². The van der Waals surface area contributed by atoms with Gasteiger partial charge in [-0.05, 0) is 18.2 Å². The Balaban J connectivity index is 1.71. The van der Waals surface area contributed by atoms with Crippen molar-refractivity contribution in [2.24, 2.45) is 0 Å². The maximum absolute atomic E-state index is 14.6. The molecule has 0 unspecified atom stereocenters. The van der Waals surface area contributed by atoms with E-state index in [1.54, 1.807) is 39.5 Å². The first-order chi connectivity index (χ1) is 14.6. The van der Waals surface area contributed by atoms with Crippen LogP contribution in [0.4, 0.5) is 9.18 Å². The number of halogens is 1. The Labute approximate surface area is 172 Å². The molecule has 0 aromatic heterocycles. The summed E-state index contributed by atoms with van der Waals surface area (Å²) in [6.07, 6.45) is 0. The van der Waals surface area contributed by atoms with Crippen LogP contribution < -0.4 is 10.2 Å². The summed E-state index contributed by atoms with van der Waals surface area (Å²) in [5, 5.41) is 8.88. The van der Waals surface area contributed by atoms with Gasteiger partial charge in [-0.25, -0.2) is 14.7 Å². The molecule has 8 nitrogen and oxygen atoms in total. The average molecular weight is 415 g/mol. The molecule has 2 aromatic rings. The number of carbonyl (C=O) groups is 2. The van der Waals surface area contributed by atoms with Crippen molar-refractivity contribution in [1.82, 2.24) is 15.3 Å². The highest BCUT2D eigenvalue weighted by atomic mass is 19.1. The van der Waals surface area contributed by atoms with Gasteiger partial charge in [0.05, 0.1) is 25.8 Å². The fourth-order valence-electron chi connectivity index (χ4n) is 3.72. The molecule has 1 fully saturated rings. The second kappa shape index (κ2) is 8.68. The Kier molecular flexibility index (Phi) is 5.82. The molecule has 158 valence electrons. The van der Waals surface area contributed by atoms with Crippen molar-refractivity contribution in [3.63, 3.8) is 0 Å². The molecule has 0 aliphatic carbocycles. The molecule has 0 radical (unpaired) electrons. The summed E-state index contributed by atoms with van der Waals surface area (Å²) in [6, 6.07) is 10.2. The predicted octanol–water partition coefficient (Wildman–Crippen LogP) is 2.33. The third-order valence-electron chi connectivity index (χ3n) is 5.34. The van der Waals surface area contributed by atoms with E-state index < -0.39 is 17.8 Å². The molecule has 1 atom stereocenters. The highest BCUT2D eigenvalue weighted by Crippen LogP contribution is 2.34. The number of ether oxygens (including phenoxy) is 2. The Morgan fingerprint density at radius 2 is 1.90 bits per heavy atom. The van der Waals surface area contributed by atoms with Gasteiger partial charge in [0.15, 0.2) is 0 Å². The Morgan fingerprint density at radius 3 is 2.63 bits per heavy atom. The molecule has 9 heteroatoms. The Hall–Kier alpha value is -3.17. The van der Waals surface area contributed by atoms with Crippen LogP contribution in [-0.4, -0.2) is 59.9 Å². The van der Waals surface area contributed by atoms with Gasteiger partial charge in [0.2, 0.25) is 0 Å². The zero-order chi connectivity index (χ0) is 21.1. The van der Waals surface area contributed by atoms with E-state index in [1.807, 2.05) is 0 Å². The van der Waals surface area contributed by atoms with Gasteiger partial charge in [-0.1, -0.05) is 24.3 Å². The van der Waals surface area contributed by atoms with E-state index in [9.17, 15) is 14.0 Å². The quantitative estimate of drug-likeness (QED) is 0.580. The van der Waals surface area contributed by atoms with Gasteiger partial charge in [0.1, 0.15) is 18.2 Å². The van der Waals surface area contributed by atoms with Crippen molar-refractivity contribution in [3.05, 3.63) is 65.0 Å². The van der Waals surface area contributed by atoms with Gasteiger partial charge < -0.3 is 19.3 Å². The van der Waals surface area contributed by atoms with Gasteiger partial charge in [-0.3, -0.25) is 10.0 Å². The average Bonchev–Trinajstić information content (AvgIpc) is 2.98. The maximum atomic E-state index is 14.6. The molecule has 0 saturated carbocycles. The van der Waals surface area contributed by atoms with Crippen LogP contribution in [0.15, 0.2) is 42.5 Å². The van der Waals surface area contributed by atoms with Crippen molar-refractivity contribution in [3.8, 4) is 5.75 Å². The molecule has 1 saturated heterocycles. The summed E-state index contributed by atoms with van der Waals surface area (Å²) in [4.78, 5) is 28.4. The van der Waals surface area contributed by atoms with Crippen LogP contribution in [0.25, 0.3) is 0 Å². The number of morpholine rings is 1. The SMILES string of the molecule is O=C(NO)c1ccc2c(c1)OC[C@@H](c1ccccc1F)N(C(=O)N1CCOCC1)C2. The number of carbonyl (C=O) groups excluding carboxylic acids is 2. The van der Waals surface area contributed by atoms with E-state index >= 15 is 0 Å². The number of benzene rings is 2. The van der Waals surface area contributed by atoms with E-state index in [0.717, 1.165) is 0 Å². The zero-order valence-electron chi connectivity index (χ0n) is 16.2. The van der Waals surface area contributed by atoms with Crippen molar-refractivity contribution in [1.29, 1.82) is 0 Å². The second-order valence-corrected chi connectivity index (χ2v) is 7.12. The number of nitrogens with one attached hydrogen (secondary N) is 1. The summed E-state index contributed by atoms with van der Waals surface area (Å²) < 4.78 is 25.9. The molecule has 2 aliphatic heterocycles. The fourth-order valence-corrected chi connectivity index (χ4v) is 3.72. The minimum atomic E-state index is -0.669. The highest BCUT2D eigenvalue weighted by molar-refractivity contribution is 5.93. The van der Waals surface area contributed by atoms with Crippen LogP contribution in [0.2, 0.25) is 0 Å². The van der Waals surface area contributed by atoms with E-state index in [0.29, 0.717) is 43.2 Å². The van der Waals surface area contributed by atoms with Crippen molar-refractivity contribution in [2.75, 3.05) is 32.9 Å². The van der Waals surface area contributed by atoms with Crippen LogP contribution in [0.1, 0.15) is 27.5 Å². The fraction of sp³-hybridized carbons (Fsp3) is 0.333. The first-order valence-corrected chi connectivity index (χ1v) is 9.66. The van der Waals surface area contributed by atoms with Crippen LogP contribution in [0.5, 0.6) is 5.75 Å².